The van der Waals surface area contributed by atoms with Crippen molar-refractivity contribution in [3.8, 4) is 0 Å². The third-order valence-corrected chi connectivity index (χ3v) is 6.36. The molecular weight excluding hydrogens is 395 g/mol. The molecule has 1 aromatic heterocycles. The predicted octanol–water partition coefficient (Wildman–Crippen LogP) is 2.18. The largest absolute Gasteiger partial charge is 0.416 e. The number of nitrogens with zero attached hydrogens (tertiary/aromatic N) is 3. The molecular formula is C18H18F3N3O3S. The van der Waals surface area contributed by atoms with E-state index in [0.717, 1.165) is 12.1 Å². The van der Waals surface area contributed by atoms with Crippen LogP contribution in [0.2, 0.25) is 0 Å². The number of piperazine rings is 1. The van der Waals surface area contributed by atoms with Gasteiger partial charge in [-0.05, 0) is 23.8 Å². The number of carbonyl (C=O) groups excluding carboxylic acids is 1. The van der Waals surface area contributed by atoms with Crippen molar-refractivity contribution in [2.24, 2.45) is 0 Å². The lowest BCUT2D eigenvalue weighted by atomic mass is 10.1. The number of sulfonamides is 1. The Morgan fingerprint density at radius 1 is 1.07 bits per heavy atom. The predicted molar refractivity (Wildman–Crippen MR) is 94.7 cm³/mol. The standard InChI is InChI=1S/C18H18F3N3O3S/c19-18(20,21)15-4-1-3-14(11-15)12-17(25)23-7-9-24(10-8-23)28(26,27)16-5-2-6-22-13-16/h1-6,11,13H,7-10,12H2. The third-order valence-electron chi connectivity index (χ3n) is 4.47. The molecule has 0 saturated carbocycles. The summed E-state index contributed by atoms with van der Waals surface area (Å²) in [6.45, 7) is 0.589. The molecule has 0 radical (unpaired) electrons. The minimum Gasteiger partial charge on any atom is -0.340 e. The lowest BCUT2D eigenvalue weighted by Gasteiger charge is -2.34. The number of benzene rings is 1. The van der Waals surface area contributed by atoms with Gasteiger partial charge in [0.25, 0.3) is 0 Å². The summed E-state index contributed by atoms with van der Waals surface area (Å²) in [7, 11) is -3.68. The number of aromatic nitrogens is 1. The van der Waals surface area contributed by atoms with E-state index in [4.69, 9.17) is 0 Å². The molecule has 150 valence electrons. The van der Waals surface area contributed by atoms with Gasteiger partial charge in [-0.15, -0.1) is 0 Å². The van der Waals surface area contributed by atoms with Crippen LogP contribution in [0.1, 0.15) is 11.1 Å². The Kier molecular flexibility index (Phi) is 5.71. The molecule has 3 rings (SSSR count). The van der Waals surface area contributed by atoms with E-state index in [-0.39, 0.29) is 49.0 Å². The number of carbonyl (C=O) groups is 1. The maximum Gasteiger partial charge on any atom is 0.416 e. The van der Waals surface area contributed by atoms with Gasteiger partial charge in [-0.1, -0.05) is 18.2 Å². The molecule has 10 heteroatoms. The molecule has 1 aliphatic heterocycles. The molecule has 1 saturated heterocycles. The van der Waals surface area contributed by atoms with Crippen LogP contribution in [0.3, 0.4) is 0 Å². The Morgan fingerprint density at radius 2 is 1.79 bits per heavy atom. The first-order valence-corrected chi connectivity index (χ1v) is 9.96. The summed E-state index contributed by atoms with van der Waals surface area (Å²) in [5.41, 5.74) is -0.532. The van der Waals surface area contributed by atoms with Crippen molar-refractivity contribution in [1.29, 1.82) is 0 Å². The fourth-order valence-corrected chi connectivity index (χ4v) is 4.36. The fourth-order valence-electron chi connectivity index (χ4n) is 2.97. The Labute approximate surface area is 160 Å². The van der Waals surface area contributed by atoms with Gasteiger partial charge >= 0.3 is 6.18 Å². The van der Waals surface area contributed by atoms with Crippen LogP contribution in [0.25, 0.3) is 0 Å². The van der Waals surface area contributed by atoms with Crippen LogP contribution in [0.5, 0.6) is 0 Å². The molecule has 0 bridgehead atoms. The molecule has 2 heterocycles. The molecule has 28 heavy (non-hydrogen) atoms. The van der Waals surface area contributed by atoms with Gasteiger partial charge in [0.15, 0.2) is 0 Å². The molecule has 0 aliphatic carbocycles. The first-order chi connectivity index (χ1) is 13.2. The van der Waals surface area contributed by atoms with Crippen LogP contribution in [0, 0.1) is 0 Å². The van der Waals surface area contributed by atoms with E-state index < -0.39 is 21.8 Å². The average Bonchev–Trinajstić information content (AvgIpc) is 2.68. The summed E-state index contributed by atoms with van der Waals surface area (Å²) in [4.78, 5) is 17.8. The van der Waals surface area contributed by atoms with Crippen LogP contribution in [-0.4, -0.2) is 54.7 Å². The highest BCUT2D eigenvalue weighted by Gasteiger charge is 2.32. The van der Waals surface area contributed by atoms with Crippen LogP contribution in [-0.2, 0) is 27.4 Å². The van der Waals surface area contributed by atoms with E-state index in [9.17, 15) is 26.4 Å². The van der Waals surface area contributed by atoms with Crippen molar-refractivity contribution in [3.63, 3.8) is 0 Å². The van der Waals surface area contributed by atoms with Gasteiger partial charge in [0.05, 0.1) is 12.0 Å². The minimum atomic E-state index is -4.47. The molecule has 1 aromatic carbocycles. The van der Waals surface area contributed by atoms with E-state index in [1.807, 2.05) is 0 Å². The van der Waals surface area contributed by atoms with E-state index in [1.165, 1.54) is 45.9 Å². The summed E-state index contributed by atoms with van der Waals surface area (Å²) >= 11 is 0. The van der Waals surface area contributed by atoms with Gasteiger partial charge in [0.2, 0.25) is 15.9 Å². The highest BCUT2D eigenvalue weighted by atomic mass is 32.2. The highest BCUT2D eigenvalue weighted by Crippen LogP contribution is 2.29. The lowest BCUT2D eigenvalue weighted by molar-refractivity contribution is -0.138. The molecule has 0 unspecified atom stereocenters. The van der Waals surface area contributed by atoms with Crippen LogP contribution >= 0.6 is 0 Å². The zero-order valence-corrected chi connectivity index (χ0v) is 15.6. The molecule has 6 nitrogen and oxygen atoms in total. The van der Waals surface area contributed by atoms with Gasteiger partial charge in [-0.3, -0.25) is 9.78 Å². The minimum absolute atomic E-state index is 0.0822. The van der Waals surface area contributed by atoms with Crippen molar-refractivity contribution < 1.29 is 26.4 Å². The molecule has 0 N–H and O–H groups in total. The first-order valence-electron chi connectivity index (χ1n) is 8.52. The number of pyridine rings is 1. The maximum atomic E-state index is 12.8. The number of amides is 1. The second-order valence-electron chi connectivity index (χ2n) is 6.35. The summed E-state index contributed by atoms with van der Waals surface area (Å²) < 4.78 is 64.8. The molecule has 2 aromatic rings. The average molecular weight is 413 g/mol. The Morgan fingerprint density at radius 3 is 2.39 bits per heavy atom. The van der Waals surface area contributed by atoms with E-state index in [0.29, 0.717) is 0 Å². The normalized spacial score (nSPS) is 16.2. The smallest absolute Gasteiger partial charge is 0.340 e. The topological polar surface area (TPSA) is 70.6 Å². The molecule has 1 fully saturated rings. The molecule has 0 atom stereocenters. The number of hydrogen-bond donors (Lipinski definition) is 0. The third kappa shape index (κ3) is 4.50. The second-order valence-corrected chi connectivity index (χ2v) is 8.29. The van der Waals surface area contributed by atoms with Gasteiger partial charge in [0, 0.05) is 38.6 Å². The zero-order chi connectivity index (χ0) is 20.4. The fraction of sp³-hybridized carbons (Fsp3) is 0.333. The van der Waals surface area contributed by atoms with Gasteiger partial charge < -0.3 is 4.90 Å². The van der Waals surface area contributed by atoms with E-state index in [1.54, 1.807) is 0 Å². The van der Waals surface area contributed by atoms with Crippen LogP contribution in [0.15, 0.2) is 53.7 Å². The Balaban J connectivity index is 1.62. The van der Waals surface area contributed by atoms with E-state index >= 15 is 0 Å². The van der Waals surface area contributed by atoms with Crippen molar-refractivity contribution in [2.75, 3.05) is 26.2 Å². The van der Waals surface area contributed by atoms with Crippen LogP contribution in [0.4, 0.5) is 13.2 Å². The van der Waals surface area contributed by atoms with Crippen molar-refractivity contribution >= 4 is 15.9 Å². The summed E-state index contributed by atoms with van der Waals surface area (Å²) in [5, 5.41) is 0. The quantitative estimate of drug-likeness (QED) is 0.771. The number of alkyl halides is 3. The Hall–Kier alpha value is -2.46. The van der Waals surface area contributed by atoms with Gasteiger partial charge in [0.1, 0.15) is 4.90 Å². The number of halogens is 3. The Bertz CT molecular complexity index is 941. The molecule has 0 spiro atoms. The number of hydrogen-bond acceptors (Lipinski definition) is 4. The maximum absolute atomic E-state index is 12.8. The highest BCUT2D eigenvalue weighted by molar-refractivity contribution is 7.89. The van der Waals surface area contributed by atoms with Crippen LogP contribution < -0.4 is 0 Å². The van der Waals surface area contributed by atoms with Gasteiger partial charge in [-0.2, -0.15) is 17.5 Å². The SMILES string of the molecule is O=C(Cc1cccc(C(F)(F)F)c1)N1CCN(S(=O)(=O)c2cccnc2)CC1. The lowest BCUT2D eigenvalue weighted by Crippen LogP contribution is -2.50. The number of rotatable bonds is 4. The van der Waals surface area contributed by atoms with E-state index in [2.05, 4.69) is 4.98 Å². The van der Waals surface area contributed by atoms with Crippen molar-refractivity contribution in [1.82, 2.24) is 14.2 Å². The van der Waals surface area contributed by atoms with Crippen molar-refractivity contribution in [2.45, 2.75) is 17.5 Å². The second kappa shape index (κ2) is 7.88. The summed E-state index contributed by atoms with van der Waals surface area (Å²) in [5.74, 6) is -0.335. The summed E-state index contributed by atoms with van der Waals surface area (Å²) in [6.07, 6.45) is -1.89. The first kappa shape index (κ1) is 20.3. The monoisotopic (exact) mass is 413 g/mol. The zero-order valence-electron chi connectivity index (χ0n) is 14.8. The molecule has 1 amide bonds. The molecule has 1 aliphatic rings. The van der Waals surface area contributed by atoms with Crippen molar-refractivity contribution in [3.05, 3.63) is 59.9 Å². The van der Waals surface area contributed by atoms with Gasteiger partial charge in [-0.25, -0.2) is 8.42 Å². The summed E-state index contributed by atoms with van der Waals surface area (Å²) in [6, 6.07) is 7.63.